The van der Waals surface area contributed by atoms with Gasteiger partial charge in [0.1, 0.15) is 0 Å². The Balaban J connectivity index is 2.01. The molecule has 7 nitrogen and oxygen atoms in total. The summed E-state index contributed by atoms with van der Waals surface area (Å²) in [5.41, 5.74) is 2.67. The molecule has 0 unspecified atom stereocenters. The second-order valence-corrected chi connectivity index (χ2v) is 6.68. The maximum absolute atomic E-state index is 12.9. The van der Waals surface area contributed by atoms with E-state index in [4.69, 9.17) is 9.47 Å². The fourth-order valence-electron chi connectivity index (χ4n) is 3.02. The first-order valence-electron chi connectivity index (χ1n) is 10.2. The number of aryl methyl sites for hydroxylation is 3. The van der Waals surface area contributed by atoms with Crippen molar-refractivity contribution in [3.8, 4) is 11.5 Å². The summed E-state index contributed by atoms with van der Waals surface area (Å²) in [6, 6.07) is 7.10. The van der Waals surface area contributed by atoms with Crippen molar-refractivity contribution in [1.29, 1.82) is 0 Å². The van der Waals surface area contributed by atoms with Crippen LogP contribution in [0, 0.1) is 13.8 Å². The van der Waals surface area contributed by atoms with Gasteiger partial charge in [-0.25, -0.2) is 4.99 Å². The number of rotatable bonds is 11. The fourth-order valence-corrected chi connectivity index (χ4v) is 3.02. The first-order chi connectivity index (χ1) is 14.4. The number of aliphatic imine (C=N–C) groups is 1. The lowest BCUT2D eigenvalue weighted by Gasteiger charge is -2.15. The van der Waals surface area contributed by atoms with Crippen molar-refractivity contribution in [3.05, 3.63) is 41.2 Å². The largest absolute Gasteiger partial charge is 0.490 e. The van der Waals surface area contributed by atoms with Crippen LogP contribution in [0.25, 0.3) is 0 Å². The highest BCUT2D eigenvalue weighted by Gasteiger charge is 2.15. The van der Waals surface area contributed by atoms with Crippen molar-refractivity contribution < 1.29 is 18.3 Å². The van der Waals surface area contributed by atoms with Gasteiger partial charge in [-0.2, -0.15) is 13.9 Å². The monoisotopic (exact) mass is 423 g/mol. The van der Waals surface area contributed by atoms with E-state index >= 15 is 0 Å². The quantitative estimate of drug-likeness (QED) is 0.328. The molecule has 1 aromatic heterocycles. The van der Waals surface area contributed by atoms with E-state index in [-0.39, 0.29) is 18.0 Å². The van der Waals surface area contributed by atoms with Gasteiger partial charge in [0.05, 0.1) is 18.8 Å². The first-order valence-corrected chi connectivity index (χ1v) is 10.2. The molecule has 0 spiro atoms. The molecule has 0 aliphatic heterocycles. The Kier molecular flexibility index (Phi) is 9.37. The number of ether oxygens (including phenoxy) is 2. The Bertz CT molecular complexity index is 824. The number of aromatic nitrogens is 2. The van der Waals surface area contributed by atoms with Gasteiger partial charge < -0.3 is 20.1 Å². The molecule has 0 saturated carbocycles. The Labute approximate surface area is 176 Å². The SMILES string of the molecule is CCNC(=NCc1cccc(OCC)c1OC(F)F)NCCCn1nc(C)cc1C. The Morgan fingerprint density at radius 2 is 2.03 bits per heavy atom. The average molecular weight is 424 g/mol. The molecule has 30 heavy (non-hydrogen) atoms. The minimum Gasteiger partial charge on any atom is -0.490 e. The van der Waals surface area contributed by atoms with Crippen molar-refractivity contribution >= 4 is 5.96 Å². The summed E-state index contributed by atoms with van der Waals surface area (Å²) in [6.07, 6.45) is 0.867. The molecule has 1 aromatic carbocycles. The lowest BCUT2D eigenvalue weighted by Crippen LogP contribution is -2.38. The van der Waals surface area contributed by atoms with Crippen LogP contribution in [0.4, 0.5) is 8.78 Å². The normalized spacial score (nSPS) is 11.6. The lowest BCUT2D eigenvalue weighted by atomic mass is 10.2. The van der Waals surface area contributed by atoms with Crippen LogP contribution in [0.2, 0.25) is 0 Å². The number of nitrogens with one attached hydrogen (secondary N) is 2. The predicted octanol–water partition coefficient (Wildman–Crippen LogP) is 3.65. The molecule has 0 amide bonds. The number of hydrogen-bond acceptors (Lipinski definition) is 4. The minimum atomic E-state index is -2.94. The lowest BCUT2D eigenvalue weighted by molar-refractivity contribution is -0.0520. The highest BCUT2D eigenvalue weighted by Crippen LogP contribution is 2.33. The van der Waals surface area contributed by atoms with Crippen molar-refractivity contribution in [2.45, 2.75) is 53.8 Å². The van der Waals surface area contributed by atoms with Gasteiger partial charge in [-0.05, 0) is 46.2 Å². The van der Waals surface area contributed by atoms with Crippen LogP contribution in [0.15, 0.2) is 29.3 Å². The molecule has 9 heteroatoms. The number of alkyl halides is 2. The number of hydrogen-bond donors (Lipinski definition) is 2. The summed E-state index contributed by atoms with van der Waals surface area (Å²) >= 11 is 0. The second-order valence-electron chi connectivity index (χ2n) is 6.68. The molecule has 0 saturated heterocycles. The number of halogens is 2. The summed E-state index contributed by atoms with van der Waals surface area (Å²) in [5.74, 6) is 0.919. The molecule has 2 rings (SSSR count). The minimum absolute atomic E-state index is 0.0264. The number of guanidine groups is 1. The third kappa shape index (κ3) is 7.20. The summed E-state index contributed by atoms with van der Waals surface area (Å²) in [5, 5.41) is 10.9. The van der Waals surface area contributed by atoms with Gasteiger partial charge in [-0.3, -0.25) is 4.68 Å². The Morgan fingerprint density at radius 1 is 1.23 bits per heavy atom. The van der Waals surface area contributed by atoms with Crippen LogP contribution < -0.4 is 20.1 Å². The van der Waals surface area contributed by atoms with E-state index in [1.807, 2.05) is 31.5 Å². The van der Waals surface area contributed by atoms with Gasteiger partial charge in [-0.1, -0.05) is 12.1 Å². The molecule has 2 N–H and O–H groups in total. The molecule has 1 heterocycles. The van der Waals surface area contributed by atoms with Crippen LogP contribution in [-0.4, -0.2) is 42.0 Å². The molecular weight excluding hydrogens is 392 g/mol. The zero-order valence-corrected chi connectivity index (χ0v) is 18.0. The zero-order valence-electron chi connectivity index (χ0n) is 18.0. The van der Waals surface area contributed by atoms with Gasteiger partial charge in [0.25, 0.3) is 0 Å². The van der Waals surface area contributed by atoms with Crippen LogP contribution >= 0.6 is 0 Å². The summed E-state index contributed by atoms with van der Waals surface area (Å²) < 4.78 is 37.8. The van der Waals surface area contributed by atoms with Crippen molar-refractivity contribution in [1.82, 2.24) is 20.4 Å². The van der Waals surface area contributed by atoms with Crippen molar-refractivity contribution in [2.24, 2.45) is 4.99 Å². The molecule has 0 radical (unpaired) electrons. The van der Waals surface area contributed by atoms with E-state index in [2.05, 4.69) is 20.7 Å². The highest BCUT2D eigenvalue weighted by atomic mass is 19.3. The van der Waals surface area contributed by atoms with Crippen molar-refractivity contribution in [2.75, 3.05) is 19.7 Å². The summed E-state index contributed by atoms with van der Waals surface area (Å²) in [7, 11) is 0. The van der Waals surface area contributed by atoms with E-state index in [1.54, 1.807) is 25.1 Å². The van der Waals surface area contributed by atoms with E-state index in [1.165, 1.54) is 0 Å². The van der Waals surface area contributed by atoms with E-state index < -0.39 is 6.61 Å². The van der Waals surface area contributed by atoms with Crippen LogP contribution in [0.3, 0.4) is 0 Å². The van der Waals surface area contributed by atoms with Gasteiger partial charge in [0.15, 0.2) is 17.5 Å². The predicted molar refractivity (Wildman–Crippen MR) is 113 cm³/mol. The van der Waals surface area contributed by atoms with Gasteiger partial charge >= 0.3 is 6.61 Å². The molecule has 0 bridgehead atoms. The Morgan fingerprint density at radius 3 is 2.67 bits per heavy atom. The van der Waals surface area contributed by atoms with Gasteiger partial charge in [0, 0.05) is 30.9 Å². The topological polar surface area (TPSA) is 72.7 Å². The number of nitrogens with zero attached hydrogens (tertiary/aromatic N) is 3. The molecule has 0 aliphatic rings. The van der Waals surface area contributed by atoms with E-state index in [0.717, 1.165) is 24.4 Å². The zero-order chi connectivity index (χ0) is 21.9. The van der Waals surface area contributed by atoms with E-state index in [9.17, 15) is 8.78 Å². The first kappa shape index (κ1) is 23.4. The number of para-hydroxylation sites is 1. The number of benzene rings is 1. The average Bonchev–Trinajstić information content (AvgIpc) is 3.02. The van der Waals surface area contributed by atoms with Crippen LogP contribution in [0.5, 0.6) is 11.5 Å². The molecule has 166 valence electrons. The van der Waals surface area contributed by atoms with E-state index in [0.29, 0.717) is 31.2 Å². The standard InChI is InChI=1S/C21H31F2N5O2/c1-5-24-21(25-11-8-12-28-16(4)13-15(3)27-28)26-14-17-9-7-10-18(29-6-2)19(17)30-20(22)23/h7,9-10,13,20H,5-6,8,11-12,14H2,1-4H3,(H2,24,25,26). The maximum Gasteiger partial charge on any atom is 0.387 e. The second kappa shape index (κ2) is 12.0. The summed E-state index contributed by atoms with van der Waals surface area (Å²) in [4.78, 5) is 4.51. The van der Waals surface area contributed by atoms with Crippen LogP contribution in [-0.2, 0) is 13.1 Å². The smallest absolute Gasteiger partial charge is 0.387 e. The summed E-state index contributed by atoms with van der Waals surface area (Å²) in [6.45, 7) is 7.54. The third-order valence-electron chi connectivity index (χ3n) is 4.26. The molecule has 2 aromatic rings. The van der Waals surface area contributed by atoms with Gasteiger partial charge in [-0.15, -0.1) is 0 Å². The maximum atomic E-state index is 12.9. The molecule has 0 atom stereocenters. The van der Waals surface area contributed by atoms with Crippen molar-refractivity contribution in [3.63, 3.8) is 0 Å². The highest BCUT2D eigenvalue weighted by molar-refractivity contribution is 5.79. The molecule has 0 fully saturated rings. The third-order valence-corrected chi connectivity index (χ3v) is 4.26. The fraction of sp³-hybridized carbons (Fsp3) is 0.524. The van der Waals surface area contributed by atoms with Gasteiger partial charge in [0.2, 0.25) is 0 Å². The molecule has 0 aliphatic carbocycles. The molecular formula is C21H31F2N5O2. The Hall–Kier alpha value is -2.84. The van der Waals surface area contributed by atoms with Crippen LogP contribution in [0.1, 0.15) is 37.2 Å².